The van der Waals surface area contributed by atoms with E-state index in [0.717, 1.165) is 60.1 Å². The van der Waals surface area contributed by atoms with Crippen molar-refractivity contribution in [2.45, 2.75) is 26.9 Å². The molecule has 0 amide bonds. The molecule has 26 heavy (non-hydrogen) atoms. The van der Waals surface area contributed by atoms with Crippen molar-refractivity contribution in [3.63, 3.8) is 0 Å². The summed E-state index contributed by atoms with van der Waals surface area (Å²) in [5, 5.41) is 3.04. The van der Waals surface area contributed by atoms with Gasteiger partial charge in [0.2, 0.25) is 0 Å². The van der Waals surface area contributed by atoms with Crippen LogP contribution in [0.15, 0.2) is 28.4 Å². The number of hydrogen-bond acceptors (Lipinski definition) is 6. The largest absolute Gasteiger partial charge is 0.379 e. The van der Waals surface area contributed by atoms with Gasteiger partial charge < -0.3 is 4.74 Å². The molecule has 0 spiro atoms. The predicted octanol–water partition coefficient (Wildman–Crippen LogP) is 2.35. The lowest BCUT2D eigenvalue weighted by Gasteiger charge is -2.25. The number of thiazole rings is 1. The highest BCUT2D eigenvalue weighted by molar-refractivity contribution is 7.09. The summed E-state index contributed by atoms with van der Waals surface area (Å²) in [6.07, 6.45) is 0. The first-order valence-corrected chi connectivity index (χ1v) is 9.69. The average Bonchev–Trinajstić information content (AvgIpc) is 3.07. The highest BCUT2D eigenvalue weighted by Gasteiger charge is 2.14. The molecule has 0 aliphatic carbocycles. The first-order valence-electron chi connectivity index (χ1n) is 8.81. The first-order chi connectivity index (χ1) is 12.6. The number of morpholine rings is 1. The Hall–Kier alpha value is -2.09. The van der Waals surface area contributed by atoms with E-state index in [2.05, 4.69) is 15.3 Å². The van der Waals surface area contributed by atoms with Crippen LogP contribution in [0.1, 0.15) is 22.0 Å². The number of ether oxygens (including phenoxy) is 1. The van der Waals surface area contributed by atoms with E-state index in [9.17, 15) is 4.79 Å². The van der Waals surface area contributed by atoms with Gasteiger partial charge in [-0.2, -0.15) is 0 Å². The van der Waals surface area contributed by atoms with Gasteiger partial charge in [0.05, 0.1) is 36.5 Å². The summed E-state index contributed by atoms with van der Waals surface area (Å²) in [4.78, 5) is 24.2. The molecule has 0 N–H and O–H groups in total. The molecule has 1 saturated heterocycles. The normalized spacial score (nSPS) is 15.6. The Morgan fingerprint density at radius 3 is 2.77 bits per heavy atom. The second-order valence-electron chi connectivity index (χ2n) is 6.70. The fraction of sp³-hybridized carbons (Fsp3) is 0.421. The molecule has 0 unspecified atom stereocenters. The maximum atomic E-state index is 12.7. The molecular formula is C19H22N4O2S. The van der Waals surface area contributed by atoms with Crippen LogP contribution >= 0.6 is 11.3 Å². The topological polar surface area (TPSA) is 60.2 Å². The second-order valence-corrected chi connectivity index (χ2v) is 7.64. The van der Waals surface area contributed by atoms with Gasteiger partial charge in [0, 0.05) is 25.0 Å². The minimum atomic E-state index is -0.0481. The van der Waals surface area contributed by atoms with Gasteiger partial charge >= 0.3 is 0 Å². The van der Waals surface area contributed by atoms with Crippen molar-refractivity contribution in [2.75, 3.05) is 26.3 Å². The lowest BCUT2D eigenvalue weighted by Crippen LogP contribution is -2.35. The van der Waals surface area contributed by atoms with Crippen LogP contribution in [0.2, 0.25) is 0 Å². The molecule has 1 aromatic carbocycles. The molecule has 0 saturated carbocycles. The van der Waals surface area contributed by atoms with Crippen molar-refractivity contribution >= 4 is 22.4 Å². The molecule has 4 rings (SSSR count). The van der Waals surface area contributed by atoms with Gasteiger partial charge in [-0.1, -0.05) is 6.07 Å². The quantitative estimate of drug-likeness (QED) is 0.706. The molecule has 6 nitrogen and oxygen atoms in total. The van der Waals surface area contributed by atoms with E-state index in [0.29, 0.717) is 12.2 Å². The van der Waals surface area contributed by atoms with Gasteiger partial charge in [0.1, 0.15) is 10.7 Å². The molecule has 1 aliphatic heterocycles. The number of benzene rings is 1. The molecule has 0 atom stereocenters. The Morgan fingerprint density at radius 1 is 1.15 bits per heavy atom. The number of hydrogen-bond donors (Lipinski definition) is 0. The predicted molar refractivity (Wildman–Crippen MR) is 103 cm³/mol. The van der Waals surface area contributed by atoms with Crippen LogP contribution in [-0.4, -0.2) is 45.7 Å². The number of rotatable bonds is 4. The van der Waals surface area contributed by atoms with Gasteiger partial charge in [-0.15, -0.1) is 11.3 Å². The van der Waals surface area contributed by atoms with E-state index in [1.54, 1.807) is 22.8 Å². The Morgan fingerprint density at radius 2 is 1.96 bits per heavy atom. The van der Waals surface area contributed by atoms with Gasteiger partial charge in [-0.05, 0) is 31.5 Å². The Labute approximate surface area is 156 Å². The number of nitrogens with zero attached hydrogens (tertiary/aromatic N) is 4. The number of fused-ring (bicyclic) bond motifs is 1. The minimum absolute atomic E-state index is 0.0481. The molecule has 136 valence electrons. The second kappa shape index (κ2) is 7.26. The van der Waals surface area contributed by atoms with E-state index < -0.39 is 0 Å². The van der Waals surface area contributed by atoms with E-state index >= 15 is 0 Å². The van der Waals surface area contributed by atoms with Crippen molar-refractivity contribution in [1.29, 1.82) is 0 Å². The van der Waals surface area contributed by atoms with E-state index in [4.69, 9.17) is 9.72 Å². The van der Waals surface area contributed by atoms with Crippen LogP contribution in [0, 0.1) is 13.8 Å². The SMILES string of the molecule is Cc1ccc2nc(C)c(=O)n(Cc3nc(CN4CCOCC4)cs3)c2c1. The van der Waals surface area contributed by atoms with Gasteiger partial charge in [0.25, 0.3) is 5.56 Å². The van der Waals surface area contributed by atoms with Crippen molar-refractivity contribution in [3.8, 4) is 0 Å². The van der Waals surface area contributed by atoms with Crippen molar-refractivity contribution in [3.05, 3.63) is 55.9 Å². The maximum Gasteiger partial charge on any atom is 0.272 e. The fourth-order valence-corrected chi connectivity index (χ4v) is 4.03. The Balaban J connectivity index is 1.62. The third-order valence-electron chi connectivity index (χ3n) is 4.65. The summed E-state index contributed by atoms with van der Waals surface area (Å²) in [5.74, 6) is 0. The summed E-state index contributed by atoms with van der Waals surface area (Å²) in [6, 6.07) is 6.01. The smallest absolute Gasteiger partial charge is 0.272 e. The van der Waals surface area contributed by atoms with Crippen LogP contribution in [0.25, 0.3) is 11.0 Å². The zero-order chi connectivity index (χ0) is 18.1. The summed E-state index contributed by atoms with van der Waals surface area (Å²) in [5.41, 5.74) is 4.36. The Bertz CT molecular complexity index is 989. The van der Waals surface area contributed by atoms with Gasteiger partial charge in [-0.3, -0.25) is 14.3 Å². The highest BCUT2D eigenvalue weighted by atomic mass is 32.1. The van der Waals surface area contributed by atoms with Crippen molar-refractivity contribution < 1.29 is 4.74 Å². The molecule has 1 aliphatic rings. The molecule has 1 fully saturated rings. The third-order valence-corrected chi connectivity index (χ3v) is 5.53. The molecule has 2 aromatic heterocycles. The third kappa shape index (κ3) is 3.56. The average molecular weight is 370 g/mol. The van der Waals surface area contributed by atoms with Crippen LogP contribution in [0.5, 0.6) is 0 Å². The number of aromatic nitrogens is 3. The molecule has 7 heteroatoms. The maximum absolute atomic E-state index is 12.7. The lowest BCUT2D eigenvalue weighted by molar-refractivity contribution is 0.0337. The zero-order valence-corrected chi connectivity index (χ0v) is 15.9. The van der Waals surface area contributed by atoms with E-state index in [1.165, 1.54) is 0 Å². The first kappa shape index (κ1) is 17.3. The standard InChI is InChI=1S/C19H22N4O2S/c1-13-3-4-16-17(9-13)23(19(24)14(2)20-16)11-18-21-15(12-26-18)10-22-5-7-25-8-6-22/h3-4,9,12H,5-8,10-11H2,1-2H3. The molecular weight excluding hydrogens is 348 g/mol. The molecule has 3 heterocycles. The van der Waals surface area contributed by atoms with Gasteiger partial charge in [0.15, 0.2) is 0 Å². The summed E-state index contributed by atoms with van der Waals surface area (Å²) < 4.78 is 7.19. The van der Waals surface area contributed by atoms with Crippen LogP contribution in [0.3, 0.4) is 0 Å². The monoisotopic (exact) mass is 370 g/mol. The fourth-order valence-electron chi connectivity index (χ4n) is 3.25. The zero-order valence-electron chi connectivity index (χ0n) is 15.1. The van der Waals surface area contributed by atoms with Gasteiger partial charge in [-0.25, -0.2) is 9.97 Å². The van der Waals surface area contributed by atoms with Crippen molar-refractivity contribution in [1.82, 2.24) is 19.4 Å². The Kier molecular flexibility index (Phi) is 4.84. The van der Waals surface area contributed by atoms with Crippen LogP contribution < -0.4 is 5.56 Å². The van der Waals surface area contributed by atoms with Crippen LogP contribution in [0.4, 0.5) is 0 Å². The highest BCUT2D eigenvalue weighted by Crippen LogP contribution is 2.17. The lowest BCUT2D eigenvalue weighted by atomic mass is 10.2. The number of aryl methyl sites for hydroxylation is 2. The summed E-state index contributed by atoms with van der Waals surface area (Å²) >= 11 is 1.61. The molecule has 0 radical (unpaired) electrons. The van der Waals surface area contributed by atoms with E-state index in [1.807, 2.05) is 25.1 Å². The van der Waals surface area contributed by atoms with Crippen LogP contribution in [-0.2, 0) is 17.8 Å². The summed E-state index contributed by atoms with van der Waals surface area (Å²) in [6.45, 7) is 8.57. The molecule has 3 aromatic rings. The van der Waals surface area contributed by atoms with Crippen molar-refractivity contribution in [2.24, 2.45) is 0 Å². The van der Waals surface area contributed by atoms with E-state index in [-0.39, 0.29) is 5.56 Å². The minimum Gasteiger partial charge on any atom is -0.379 e. The summed E-state index contributed by atoms with van der Waals surface area (Å²) in [7, 11) is 0. The molecule has 0 bridgehead atoms.